The van der Waals surface area contributed by atoms with Crippen molar-refractivity contribution in [2.75, 3.05) is 5.73 Å². The first-order valence-corrected chi connectivity index (χ1v) is 5.21. The van der Waals surface area contributed by atoms with E-state index in [-0.39, 0.29) is 5.95 Å². The average Bonchev–Trinajstić information content (AvgIpc) is 2.50. The minimum absolute atomic E-state index is 0.219. The lowest BCUT2D eigenvalue weighted by atomic mass is 10.1. The fourth-order valence-corrected chi connectivity index (χ4v) is 1.90. The monoisotopic (exact) mass is 289 g/mol. The van der Waals surface area contributed by atoms with Crippen LogP contribution in [0.2, 0.25) is 5.02 Å². The van der Waals surface area contributed by atoms with Crippen LogP contribution >= 0.6 is 27.5 Å². The summed E-state index contributed by atoms with van der Waals surface area (Å²) in [6.07, 6.45) is 0. The number of hydrogen-bond donors (Lipinski definition) is 2. The van der Waals surface area contributed by atoms with Gasteiger partial charge in [0, 0.05) is 10.6 Å². The number of nitrogen functional groups attached to an aromatic ring is 1. The number of nitrogens with zero attached hydrogens (tertiary/aromatic N) is 1. The van der Waals surface area contributed by atoms with E-state index >= 15 is 0 Å². The van der Waals surface area contributed by atoms with Crippen molar-refractivity contribution < 1.29 is 4.39 Å². The van der Waals surface area contributed by atoms with Gasteiger partial charge in [-0.15, -0.1) is 0 Å². The molecule has 0 spiro atoms. The third kappa shape index (κ3) is 1.98. The maximum absolute atomic E-state index is 13.5. The van der Waals surface area contributed by atoms with E-state index < -0.39 is 5.82 Å². The van der Waals surface area contributed by atoms with Crippen molar-refractivity contribution in [3.8, 4) is 11.3 Å². The Labute approximate surface area is 98.6 Å². The maximum Gasteiger partial charge on any atom is 0.198 e. The van der Waals surface area contributed by atoms with E-state index in [0.717, 1.165) is 0 Å². The fraction of sp³-hybridized carbons (Fsp3) is 0. The van der Waals surface area contributed by atoms with E-state index in [1.54, 1.807) is 0 Å². The van der Waals surface area contributed by atoms with Crippen molar-refractivity contribution in [2.24, 2.45) is 0 Å². The van der Waals surface area contributed by atoms with Crippen molar-refractivity contribution in [3.63, 3.8) is 0 Å². The lowest BCUT2D eigenvalue weighted by molar-refractivity contribution is 0.631. The molecule has 15 heavy (non-hydrogen) atoms. The summed E-state index contributed by atoms with van der Waals surface area (Å²) >= 11 is 8.98. The van der Waals surface area contributed by atoms with Crippen molar-refractivity contribution in [2.45, 2.75) is 0 Å². The lowest BCUT2D eigenvalue weighted by Crippen LogP contribution is -1.87. The molecule has 3 N–H and O–H groups in total. The fourth-order valence-electron chi connectivity index (χ4n) is 1.23. The van der Waals surface area contributed by atoms with Crippen LogP contribution in [0.15, 0.2) is 22.8 Å². The van der Waals surface area contributed by atoms with Gasteiger partial charge < -0.3 is 10.7 Å². The number of H-pyrrole nitrogens is 1. The summed E-state index contributed by atoms with van der Waals surface area (Å²) in [5.74, 6) is -0.178. The molecule has 1 aromatic heterocycles. The molecule has 3 nitrogen and oxygen atoms in total. The number of rotatable bonds is 1. The molecule has 0 fully saturated rings. The Morgan fingerprint density at radius 1 is 1.47 bits per heavy atom. The van der Waals surface area contributed by atoms with Crippen LogP contribution in [0.4, 0.5) is 10.3 Å². The summed E-state index contributed by atoms with van der Waals surface area (Å²) in [5.41, 5.74) is 6.17. The molecule has 0 radical (unpaired) electrons. The van der Waals surface area contributed by atoms with E-state index in [1.807, 2.05) is 0 Å². The zero-order chi connectivity index (χ0) is 11.0. The molecule has 0 saturated heterocycles. The summed E-state index contributed by atoms with van der Waals surface area (Å²) in [5, 5.41) is 0.444. The van der Waals surface area contributed by atoms with E-state index in [9.17, 15) is 4.39 Å². The number of aromatic nitrogens is 2. The molecule has 1 aromatic carbocycles. The largest absolute Gasteiger partial charge is 0.369 e. The molecule has 0 aliphatic heterocycles. The minimum atomic E-state index is -0.397. The van der Waals surface area contributed by atoms with E-state index in [0.29, 0.717) is 20.9 Å². The molecule has 2 rings (SSSR count). The van der Waals surface area contributed by atoms with Gasteiger partial charge in [0.05, 0.1) is 0 Å². The van der Waals surface area contributed by atoms with Crippen LogP contribution in [0.1, 0.15) is 0 Å². The highest BCUT2D eigenvalue weighted by Crippen LogP contribution is 2.30. The molecular formula is C9H6BrClFN3. The molecule has 0 aliphatic carbocycles. The van der Waals surface area contributed by atoms with Crippen molar-refractivity contribution in [1.82, 2.24) is 9.97 Å². The molecule has 2 aromatic rings. The highest BCUT2D eigenvalue weighted by molar-refractivity contribution is 9.10. The number of halogens is 3. The molecule has 0 atom stereocenters. The van der Waals surface area contributed by atoms with Crippen LogP contribution in [0.25, 0.3) is 11.3 Å². The zero-order valence-corrected chi connectivity index (χ0v) is 9.73. The maximum atomic E-state index is 13.5. The molecule has 6 heteroatoms. The Balaban J connectivity index is 2.62. The summed E-state index contributed by atoms with van der Waals surface area (Å²) < 4.78 is 14.0. The van der Waals surface area contributed by atoms with E-state index in [4.69, 9.17) is 17.3 Å². The van der Waals surface area contributed by atoms with Gasteiger partial charge in [0.2, 0.25) is 0 Å². The van der Waals surface area contributed by atoms with Gasteiger partial charge in [0.15, 0.2) is 5.95 Å². The SMILES string of the molecule is Nc1nc(-c2cc(Cl)ccc2F)c(Br)[nH]1. The molecule has 78 valence electrons. The standard InChI is InChI=1S/C9H6BrClFN3/c10-8-7(14-9(13)15-8)5-3-4(11)1-2-6(5)12/h1-3H,(H3,13,14,15). The van der Waals surface area contributed by atoms with Gasteiger partial charge in [-0.05, 0) is 34.1 Å². The molecular weight excluding hydrogens is 284 g/mol. The van der Waals surface area contributed by atoms with Crippen LogP contribution in [0.3, 0.4) is 0 Å². The molecule has 0 saturated carbocycles. The van der Waals surface area contributed by atoms with Crippen molar-refractivity contribution in [1.29, 1.82) is 0 Å². The predicted octanol–water partition coefficient (Wildman–Crippen LogP) is 3.21. The topological polar surface area (TPSA) is 54.7 Å². The Bertz CT molecular complexity index is 512. The smallest absolute Gasteiger partial charge is 0.198 e. The third-order valence-corrected chi connectivity index (χ3v) is 2.67. The van der Waals surface area contributed by atoms with Crippen LogP contribution < -0.4 is 5.73 Å². The number of nitrogens with one attached hydrogen (secondary N) is 1. The first kappa shape index (κ1) is 10.4. The van der Waals surface area contributed by atoms with Gasteiger partial charge in [-0.1, -0.05) is 11.6 Å². The number of aromatic amines is 1. The number of hydrogen-bond acceptors (Lipinski definition) is 2. The number of anilines is 1. The van der Waals surface area contributed by atoms with Crippen molar-refractivity contribution in [3.05, 3.63) is 33.6 Å². The third-order valence-electron chi connectivity index (χ3n) is 1.86. The van der Waals surface area contributed by atoms with Gasteiger partial charge in [-0.25, -0.2) is 9.37 Å². The second kappa shape index (κ2) is 3.83. The molecule has 0 bridgehead atoms. The lowest BCUT2D eigenvalue weighted by Gasteiger charge is -2.00. The van der Waals surface area contributed by atoms with Crippen LogP contribution in [0.5, 0.6) is 0 Å². The van der Waals surface area contributed by atoms with Crippen LogP contribution in [-0.4, -0.2) is 9.97 Å². The normalized spacial score (nSPS) is 10.6. The number of nitrogens with two attached hydrogens (primary N) is 1. The van der Waals surface area contributed by atoms with Crippen LogP contribution in [0, 0.1) is 5.82 Å². The average molecular weight is 291 g/mol. The Hall–Kier alpha value is -1.07. The van der Waals surface area contributed by atoms with Crippen LogP contribution in [-0.2, 0) is 0 Å². The van der Waals surface area contributed by atoms with Gasteiger partial charge in [0.1, 0.15) is 16.1 Å². The first-order chi connectivity index (χ1) is 7.08. The van der Waals surface area contributed by atoms with E-state index in [2.05, 4.69) is 25.9 Å². The highest BCUT2D eigenvalue weighted by Gasteiger charge is 2.13. The quantitative estimate of drug-likeness (QED) is 0.847. The predicted molar refractivity (Wildman–Crippen MR) is 61.1 cm³/mol. The first-order valence-electron chi connectivity index (χ1n) is 4.04. The summed E-state index contributed by atoms with van der Waals surface area (Å²) in [6.45, 7) is 0. The van der Waals surface area contributed by atoms with Crippen molar-refractivity contribution >= 4 is 33.5 Å². The van der Waals surface area contributed by atoms with Gasteiger partial charge in [-0.3, -0.25) is 0 Å². The Kier molecular flexibility index (Phi) is 2.67. The Morgan fingerprint density at radius 3 is 2.80 bits per heavy atom. The number of imidazole rings is 1. The molecule has 1 heterocycles. The summed E-state index contributed by atoms with van der Waals surface area (Å²) in [4.78, 5) is 6.69. The zero-order valence-electron chi connectivity index (χ0n) is 7.39. The Morgan fingerprint density at radius 2 is 2.20 bits per heavy atom. The van der Waals surface area contributed by atoms with Gasteiger partial charge in [0.25, 0.3) is 0 Å². The minimum Gasteiger partial charge on any atom is -0.369 e. The van der Waals surface area contributed by atoms with Gasteiger partial charge >= 0.3 is 0 Å². The molecule has 0 unspecified atom stereocenters. The van der Waals surface area contributed by atoms with E-state index in [1.165, 1.54) is 18.2 Å². The summed E-state index contributed by atoms with van der Waals surface area (Å²) in [7, 11) is 0. The van der Waals surface area contributed by atoms with Gasteiger partial charge in [-0.2, -0.15) is 0 Å². The molecule has 0 aliphatic rings. The second-order valence-electron chi connectivity index (χ2n) is 2.91. The molecule has 0 amide bonds. The second-order valence-corrected chi connectivity index (χ2v) is 4.14. The highest BCUT2D eigenvalue weighted by atomic mass is 79.9. The summed E-state index contributed by atoms with van der Waals surface area (Å²) in [6, 6.07) is 4.26. The number of benzene rings is 1.